The molecule has 0 radical (unpaired) electrons. The van der Waals surface area contributed by atoms with Crippen molar-refractivity contribution in [1.29, 1.82) is 0 Å². The van der Waals surface area contributed by atoms with Crippen molar-refractivity contribution >= 4 is 17.7 Å². The molecular weight excluding hydrogens is 258 g/mol. The fourth-order valence-corrected chi connectivity index (χ4v) is 2.13. The van der Waals surface area contributed by atoms with Gasteiger partial charge in [-0.15, -0.1) is 0 Å². The van der Waals surface area contributed by atoms with Crippen LogP contribution in [0.3, 0.4) is 0 Å². The highest BCUT2D eigenvalue weighted by atomic mass is 16.6. The molecule has 20 heavy (non-hydrogen) atoms. The van der Waals surface area contributed by atoms with Crippen LogP contribution in [0.1, 0.15) is 53.4 Å². The molecule has 0 aromatic rings. The van der Waals surface area contributed by atoms with Crippen LogP contribution in [0.4, 0.5) is 4.79 Å². The maximum absolute atomic E-state index is 12.0. The molecule has 1 saturated heterocycles. The Kier molecular flexibility index (Phi) is 5.72. The average Bonchev–Trinajstić information content (AvgIpc) is 2.34. The lowest BCUT2D eigenvalue weighted by Gasteiger charge is -2.32. The van der Waals surface area contributed by atoms with E-state index in [1.54, 1.807) is 20.8 Å². The molecule has 0 N–H and O–H groups in total. The van der Waals surface area contributed by atoms with Gasteiger partial charge in [0.25, 0.3) is 0 Å². The Morgan fingerprint density at radius 1 is 1.35 bits per heavy atom. The van der Waals surface area contributed by atoms with Crippen LogP contribution in [0.5, 0.6) is 0 Å². The quantitative estimate of drug-likeness (QED) is 0.744. The monoisotopic (exact) mass is 283 g/mol. The standard InChI is InChI=1S/C15H25NO4/c1-5-6-7-12(17)11-10-16(9-8-13(11)18)14(19)20-15(2,3)4/h11H,5-10H2,1-4H3. The molecule has 1 rings (SSSR count). The maximum Gasteiger partial charge on any atom is 0.410 e. The van der Waals surface area contributed by atoms with Gasteiger partial charge in [0.1, 0.15) is 17.2 Å². The summed E-state index contributed by atoms with van der Waals surface area (Å²) in [6.45, 7) is 7.89. The van der Waals surface area contributed by atoms with Gasteiger partial charge in [-0.05, 0) is 27.2 Å². The number of hydrogen-bond acceptors (Lipinski definition) is 4. The first kappa shape index (κ1) is 16.7. The van der Waals surface area contributed by atoms with E-state index in [0.717, 1.165) is 12.8 Å². The lowest BCUT2D eigenvalue weighted by atomic mass is 9.90. The van der Waals surface area contributed by atoms with Crippen molar-refractivity contribution in [2.75, 3.05) is 13.1 Å². The van der Waals surface area contributed by atoms with Crippen LogP contribution in [0, 0.1) is 5.92 Å². The highest BCUT2D eigenvalue weighted by molar-refractivity contribution is 6.03. The first-order chi connectivity index (χ1) is 9.24. The van der Waals surface area contributed by atoms with E-state index in [1.807, 2.05) is 6.92 Å². The molecule has 1 unspecified atom stereocenters. The largest absolute Gasteiger partial charge is 0.444 e. The van der Waals surface area contributed by atoms with Gasteiger partial charge >= 0.3 is 6.09 Å². The smallest absolute Gasteiger partial charge is 0.410 e. The van der Waals surface area contributed by atoms with E-state index >= 15 is 0 Å². The number of piperidine rings is 1. The van der Waals surface area contributed by atoms with Crippen LogP contribution >= 0.6 is 0 Å². The van der Waals surface area contributed by atoms with Gasteiger partial charge in [-0.25, -0.2) is 4.79 Å². The summed E-state index contributed by atoms with van der Waals surface area (Å²) in [5.74, 6) is -0.765. The Labute approximate surface area is 120 Å². The van der Waals surface area contributed by atoms with Crippen LogP contribution in [-0.4, -0.2) is 41.3 Å². The molecule has 1 heterocycles. The topological polar surface area (TPSA) is 63.7 Å². The number of ketones is 2. The zero-order chi connectivity index (χ0) is 15.3. The fourth-order valence-electron chi connectivity index (χ4n) is 2.13. The summed E-state index contributed by atoms with van der Waals surface area (Å²) in [5.41, 5.74) is -0.569. The van der Waals surface area contributed by atoms with Gasteiger partial charge in [-0.2, -0.15) is 0 Å². The number of amides is 1. The molecule has 0 aromatic heterocycles. The first-order valence-electron chi connectivity index (χ1n) is 7.28. The van der Waals surface area contributed by atoms with Gasteiger partial charge in [0.2, 0.25) is 0 Å². The second-order valence-electron chi connectivity index (χ2n) is 6.27. The molecule has 1 aliphatic rings. The van der Waals surface area contributed by atoms with Gasteiger partial charge in [0, 0.05) is 25.9 Å². The predicted molar refractivity (Wildman–Crippen MR) is 75.5 cm³/mol. The van der Waals surface area contributed by atoms with E-state index in [2.05, 4.69) is 0 Å². The van der Waals surface area contributed by atoms with Crippen molar-refractivity contribution in [2.24, 2.45) is 5.92 Å². The maximum atomic E-state index is 12.0. The highest BCUT2D eigenvalue weighted by Gasteiger charge is 2.35. The second kappa shape index (κ2) is 6.86. The summed E-state index contributed by atoms with van der Waals surface area (Å²) in [6, 6.07) is 0. The molecule has 0 aromatic carbocycles. The summed E-state index contributed by atoms with van der Waals surface area (Å²) in [6.07, 6.45) is 1.91. The number of carbonyl (C=O) groups is 3. The zero-order valence-electron chi connectivity index (χ0n) is 12.9. The molecule has 1 amide bonds. The molecule has 0 bridgehead atoms. The molecule has 1 atom stereocenters. The summed E-state index contributed by atoms with van der Waals surface area (Å²) in [5, 5.41) is 0. The van der Waals surface area contributed by atoms with Crippen LogP contribution in [-0.2, 0) is 14.3 Å². The molecule has 1 aliphatic heterocycles. The van der Waals surface area contributed by atoms with Crippen LogP contribution in [0.25, 0.3) is 0 Å². The molecule has 0 spiro atoms. The van der Waals surface area contributed by atoms with Crippen molar-refractivity contribution < 1.29 is 19.1 Å². The fraction of sp³-hybridized carbons (Fsp3) is 0.800. The number of Topliss-reactive ketones (excluding diaryl/α,β-unsaturated/α-hetero) is 2. The van der Waals surface area contributed by atoms with E-state index in [4.69, 9.17) is 4.74 Å². The molecule has 0 aliphatic carbocycles. The van der Waals surface area contributed by atoms with Crippen molar-refractivity contribution in [2.45, 2.75) is 59.0 Å². The average molecular weight is 283 g/mol. The Hall–Kier alpha value is -1.39. The van der Waals surface area contributed by atoms with Gasteiger partial charge in [-0.3, -0.25) is 9.59 Å². The Morgan fingerprint density at radius 3 is 2.55 bits per heavy atom. The molecular formula is C15H25NO4. The third-order valence-electron chi connectivity index (χ3n) is 3.24. The van der Waals surface area contributed by atoms with Gasteiger partial charge in [-0.1, -0.05) is 13.3 Å². The lowest BCUT2D eigenvalue weighted by Crippen LogP contribution is -2.48. The number of nitrogens with zero attached hydrogens (tertiary/aromatic N) is 1. The SMILES string of the molecule is CCCCC(=O)C1CN(C(=O)OC(C)(C)C)CCC1=O. The van der Waals surface area contributed by atoms with Crippen molar-refractivity contribution in [3.8, 4) is 0 Å². The number of likely N-dealkylation sites (tertiary alicyclic amines) is 1. The third kappa shape index (κ3) is 4.94. The Bertz CT molecular complexity index is 384. The van der Waals surface area contributed by atoms with E-state index in [0.29, 0.717) is 13.0 Å². The molecule has 5 nitrogen and oxygen atoms in total. The first-order valence-corrected chi connectivity index (χ1v) is 7.28. The van der Waals surface area contributed by atoms with Crippen LogP contribution in [0.15, 0.2) is 0 Å². The van der Waals surface area contributed by atoms with Crippen molar-refractivity contribution in [1.82, 2.24) is 4.90 Å². The number of unbranched alkanes of at least 4 members (excludes halogenated alkanes) is 1. The molecule has 1 fully saturated rings. The predicted octanol–water partition coefficient (Wildman–Crippen LogP) is 2.57. The van der Waals surface area contributed by atoms with E-state index in [1.165, 1.54) is 4.90 Å². The zero-order valence-corrected chi connectivity index (χ0v) is 12.9. The van der Waals surface area contributed by atoms with E-state index in [-0.39, 0.29) is 24.5 Å². The second-order valence-corrected chi connectivity index (χ2v) is 6.27. The van der Waals surface area contributed by atoms with Crippen LogP contribution < -0.4 is 0 Å². The Balaban J connectivity index is 2.63. The van der Waals surface area contributed by atoms with Gasteiger partial charge in [0.05, 0.1) is 5.92 Å². The summed E-state index contributed by atoms with van der Waals surface area (Å²) in [7, 11) is 0. The minimum absolute atomic E-state index is 0.0501. The van der Waals surface area contributed by atoms with Gasteiger partial charge < -0.3 is 9.64 Å². The summed E-state index contributed by atoms with van der Waals surface area (Å²) < 4.78 is 5.29. The lowest BCUT2D eigenvalue weighted by molar-refractivity contribution is -0.135. The summed E-state index contributed by atoms with van der Waals surface area (Å²) in [4.78, 5) is 37.3. The normalized spacial score (nSPS) is 19.9. The highest BCUT2D eigenvalue weighted by Crippen LogP contribution is 2.19. The molecule has 5 heteroatoms. The van der Waals surface area contributed by atoms with Crippen molar-refractivity contribution in [3.05, 3.63) is 0 Å². The van der Waals surface area contributed by atoms with E-state index in [9.17, 15) is 14.4 Å². The number of hydrogen-bond donors (Lipinski definition) is 0. The van der Waals surface area contributed by atoms with Gasteiger partial charge in [0.15, 0.2) is 0 Å². The summed E-state index contributed by atoms with van der Waals surface area (Å²) >= 11 is 0. The number of rotatable bonds is 4. The molecule has 0 saturated carbocycles. The number of ether oxygens (including phenoxy) is 1. The van der Waals surface area contributed by atoms with E-state index < -0.39 is 17.6 Å². The number of carbonyl (C=O) groups excluding carboxylic acids is 3. The van der Waals surface area contributed by atoms with Crippen molar-refractivity contribution in [3.63, 3.8) is 0 Å². The Morgan fingerprint density at radius 2 is 2.00 bits per heavy atom. The minimum Gasteiger partial charge on any atom is -0.444 e. The minimum atomic E-state index is -0.664. The van der Waals surface area contributed by atoms with Crippen LogP contribution in [0.2, 0.25) is 0 Å². The third-order valence-corrected chi connectivity index (χ3v) is 3.24. The molecule has 114 valence electrons.